The molecular weight excluding hydrogens is 408 g/mol. The Labute approximate surface area is 190 Å². The Morgan fingerprint density at radius 2 is 1.90 bits per heavy atom. The van der Waals surface area contributed by atoms with Crippen molar-refractivity contribution < 1.29 is 9.47 Å². The molecule has 0 radical (unpaired) electrons. The SMILES string of the molecule is CCNC(=NCC(C)(C)c1ccc(OC)c(OC)c1)NC1CCN(c2cccs2)CC1. The van der Waals surface area contributed by atoms with Gasteiger partial charge in [-0.05, 0) is 55.0 Å². The monoisotopic (exact) mass is 444 g/mol. The van der Waals surface area contributed by atoms with Crippen molar-refractivity contribution in [2.24, 2.45) is 4.99 Å². The Hall–Kier alpha value is -2.41. The molecule has 1 aromatic carbocycles. The fourth-order valence-corrected chi connectivity index (χ4v) is 4.62. The van der Waals surface area contributed by atoms with Crippen LogP contribution in [-0.2, 0) is 5.41 Å². The van der Waals surface area contributed by atoms with Gasteiger partial charge in [-0.25, -0.2) is 0 Å². The molecule has 2 aromatic rings. The fourth-order valence-electron chi connectivity index (χ4n) is 3.83. The second-order valence-corrected chi connectivity index (χ2v) is 9.43. The Morgan fingerprint density at radius 1 is 1.16 bits per heavy atom. The third kappa shape index (κ3) is 6.06. The Morgan fingerprint density at radius 3 is 2.52 bits per heavy atom. The number of rotatable bonds is 8. The van der Waals surface area contributed by atoms with Crippen LogP contribution in [0.15, 0.2) is 40.7 Å². The highest BCUT2D eigenvalue weighted by molar-refractivity contribution is 7.14. The number of piperidine rings is 1. The highest BCUT2D eigenvalue weighted by atomic mass is 32.1. The van der Waals surface area contributed by atoms with Crippen LogP contribution in [0, 0.1) is 0 Å². The van der Waals surface area contributed by atoms with E-state index in [9.17, 15) is 0 Å². The summed E-state index contributed by atoms with van der Waals surface area (Å²) in [5, 5.41) is 10.6. The Balaban J connectivity index is 1.62. The molecule has 1 fully saturated rings. The highest BCUT2D eigenvalue weighted by Crippen LogP contribution is 2.33. The molecule has 2 heterocycles. The predicted molar refractivity (Wildman–Crippen MR) is 131 cm³/mol. The number of hydrogen-bond acceptors (Lipinski definition) is 5. The van der Waals surface area contributed by atoms with E-state index in [1.807, 2.05) is 17.4 Å². The van der Waals surface area contributed by atoms with E-state index in [4.69, 9.17) is 14.5 Å². The first-order valence-electron chi connectivity index (χ1n) is 11.0. The maximum atomic E-state index is 5.48. The molecule has 0 bridgehead atoms. The van der Waals surface area contributed by atoms with Crippen LogP contribution < -0.4 is 25.0 Å². The van der Waals surface area contributed by atoms with Gasteiger partial charge in [0.2, 0.25) is 0 Å². The van der Waals surface area contributed by atoms with Gasteiger partial charge in [-0.2, -0.15) is 0 Å². The van der Waals surface area contributed by atoms with E-state index in [1.165, 1.54) is 10.6 Å². The summed E-state index contributed by atoms with van der Waals surface area (Å²) < 4.78 is 10.9. The zero-order valence-electron chi connectivity index (χ0n) is 19.4. The lowest BCUT2D eigenvalue weighted by atomic mass is 9.84. The van der Waals surface area contributed by atoms with E-state index in [2.05, 4.69) is 66.0 Å². The molecule has 1 aliphatic rings. The van der Waals surface area contributed by atoms with Crippen LogP contribution >= 0.6 is 11.3 Å². The van der Waals surface area contributed by atoms with Crippen LogP contribution in [0.5, 0.6) is 11.5 Å². The number of benzene rings is 1. The number of thiophene rings is 1. The smallest absolute Gasteiger partial charge is 0.191 e. The second kappa shape index (κ2) is 10.8. The van der Waals surface area contributed by atoms with E-state index >= 15 is 0 Å². The zero-order chi connectivity index (χ0) is 22.3. The molecule has 6 nitrogen and oxygen atoms in total. The quantitative estimate of drug-likeness (QED) is 0.470. The van der Waals surface area contributed by atoms with Crippen molar-refractivity contribution in [3.05, 3.63) is 41.3 Å². The number of hydrogen-bond donors (Lipinski definition) is 2. The van der Waals surface area contributed by atoms with E-state index in [-0.39, 0.29) is 5.41 Å². The number of anilines is 1. The lowest BCUT2D eigenvalue weighted by Crippen LogP contribution is -2.49. The Kier molecular flexibility index (Phi) is 8.07. The van der Waals surface area contributed by atoms with E-state index in [0.29, 0.717) is 12.6 Å². The minimum Gasteiger partial charge on any atom is -0.493 e. The molecule has 0 aliphatic carbocycles. The number of nitrogens with zero attached hydrogens (tertiary/aromatic N) is 2. The summed E-state index contributed by atoms with van der Waals surface area (Å²) in [7, 11) is 3.33. The van der Waals surface area contributed by atoms with Gasteiger partial charge in [0.15, 0.2) is 17.5 Å². The number of aliphatic imine (C=N–C) groups is 1. The van der Waals surface area contributed by atoms with E-state index in [0.717, 1.165) is 49.9 Å². The minimum absolute atomic E-state index is 0.134. The molecule has 2 N–H and O–H groups in total. The van der Waals surface area contributed by atoms with Gasteiger partial charge in [0.1, 0.15) is 0 Å². The van der Waals surface area contributed by atoms with Gasteiger partial charge in [-0.15, -0.1) is 11.3 Å². The van der Waals surface area contributed by atoms with Crippen molar-refractivity contribution in [3.8, 4) is 11.5 Å². The second-order valence-electron chi connectivity index (χ2n) is 8.51. The largest absolute Gasteiger partial charge is 0.493 e. The van der Waals surface area contributed by atoms with Crippen molar-refractivity contribution in [3.63, 3.8) is 0 Å². The molecule has 1 aromatic heterocycles. The van der Waals surface area contributed by atoms with Gasteiger partial charge in [0.05, 0.1) is 25.8 Å². The maximum Gasteiger partial charge on any atom is 0.191 e. The van der Waals surface area contributed by atoms with Crippen LogP contribution in [0.3, 0.4) is 0 Å². The normalized spacial score (nSPS) is 15.6. The summed E-state index contributed by atoms with van der Waals surface area (Å²) in [6, 6.07) is 10.9. The van der Waals surface area contributed by atoms with Gasteiger partial charge in [-0.1, -0.05) is 19.9 Å². The van der Waals surface area contributed by atoms with Crippen molar-refractivity contribution in [2.45, 2.75) is 45.1 Å². The third-order valence-electron chi connectivity index (χ3n) is 5.80. The van der Waals surface area contributed by atoms with Crippen LogP contribution in [0.25, 0.3) is 0 Å². The minimum atomic E-state index is -0.134. The number of nitrogens with one attached hydrogen (secondary N) is 2. The van der Waals surface area contributed by atoms with Gasteiger partial charge in [-0.3, -0.25) is 4.99 Å². The molecule has 31 heavy (non-hydrogen) atoms. The molecule has 0 unspecified atom stereocenters. The summed E-state index contributed by atoms with van der Waals surface area (Å²) in [6.45, 7) is 10.2. The Bertz CT molecular complexity index is 843. The van der Waals surface area contributed by atoms with Crippen molar-refractivity contribution in [1.82, 2.24) is 10.6 Å². The van der Waals surface area contributed by atoms with Gasteiger partial charge < -0.3 is 25.0 Å². The third-order valence-corrected chi connectivity index (χ3v) is 6.72. The van der Waals surface area contributed by atoms with Crippen LogP contribution in [0.4, 0.5) is 5.00 Å². The molecule has 1 saturated heterocycles. The summed E-state index contributed by atoms with van der Waals surface area (Å²) in [6.07, 6.45) is 2.22. The molecule has 1 aliphatic heterocycles. The first-order chi connectivity index (χ1) is 15.0. The molecule has 7 heteroatoms. The van der Waals surface area contributed by atoms with E-state index < -0.39 is 0 Å². The van der Waals surface area contributed by atoms with Crippen molar-refractivity contribution in [2.75, 3.05) is 45.3 Å². The molecule has 0 atom stereocenters. The summed E-state index contributed by atoms with van der Waals surface area (Å²) >= 11 is 1.82. The molecule has 170 valence electrons. The topological polar surface area (TPSA) is 58.1 Å². The molecule has 0 amide bonds. The number of guanidine groups is 1. The summed E-state index contributed by atoms with van der Waals surface area (Å²) in [5.41, 5.74) is 1.04. The number of ether oxygens (including phenoxy) is 2. The van der Waals surface area contributed by atoms with Crippen molar-refractivity contribution in [1.29, 1.82) is 0 Å². The van der Waals surface area contributed by atoms with Gasteiger partial charge >= 0.3 is 0 Å². The molecule has 0 spiro atoms. The summed E-state index contributed by atoms with van der Waals surface area (Å²) in [5.74, 6) is 2.39. The summed E-state index contributed by atoms with van der Waals surface area (Å²) in [4.78, 5) is 7.41. The molecule has 0 saturated carbocycles. The average molecular weight is 445 g/mol. The predicted octanol–water partition coefficient (Wildman–Crippen LogP) is 4.27. The lowest BCUT2D eigenvalue weighted by Gasteiger charge is -2.34. The maximum absolute atomic E-state index is 5.48. The standard InChI is InChI=1S/C24H36N4O2S/c1-6-25-23(27-19-11-13-28(14-12-19)22-8-7-15-31-22)26-17-24(2,3)18-9-10-20(29-4)21(16-18)30-5/h7-10,15-16,19H,6,11-14,17H2,1-5H3,(H2,25,26,27). The average Bonchev–Trinajstić information content (AvgIpc) is 3.32. The van der Waals surface area contributed by atoms with Crippen LogP contribution in [-0.4, -0.2) is 52.4 Å². The van der Waals surface area contributed by atoms with Crippen molar-refractivity contribution >= 4 is 22.3 Å². The van der Waals surface area contributed by atoms with Crippen LogP contribution in [0.1, 0.15) is 39.2 Å². The number of methoxy groups -OCH3 is 2. The highest BCUT2D eigenvalue weighted by Gasteiger charge is 2.24. The first-order valence-corrected chi connectivity index (χ1v) is 11.9. The molecular formula is C24H36N4O2S. The van der Waals surface area contributed by atoms with Gasteiger partial charge in [0.25, 0.3) is 0 Å². The first kappa shape index (κ1) is 23.3. The molecule has 3 rings (SSSR count). The van der Waals surface area contributed by atoms with Crippen LogP contribution in [0.2, 0.25) is 0 Å². The fraction of sp³-hybridized carbons (Fsp3) is 0.542. The van der Waals surface area contributed by atoms with Gasteiger partial charge in [0, 0.05) is 31.1 Å². The lowest BCUT2D eigenvalue weighted by molar-refractivity contribution is 0.353. The van der Waals surface area contributed by atoms with E-state index in [1.54, 1.807) is 14.2 Å². The zero-order valence-corrected chi connectivity index (χ0v) is 20.2.